The van der Waals surface area contributed by atoms with E-state index in [1.165, 1.54) is 11.9 Å². The van der Waals surface area contributed by atoms with Gasteiger partial charge in [-0.25, -0.2) is 0 Å². The highest BCUT2D eigenvalue weighted by Gasteiger charge is 2.52. The maximum atomic E-state index is 12.3. The number of ether oxygens (including phenoxy) is 1. The molecule has 0 aromatic heterocycles. The molecule has 0 atom stereocenters. The number of carboxylic acids is 1. The van der Waals surface area contributed by atoms with Crippen molar-refractivity contribution in [2.75, 3.05) is 20.7 Å². The Labute approximate surface area is 111 Å². The highest BCUT2D eigenvalue weighted by atomic mass is 16.5. The molecular weight excluding hydrogens is 246 g/mol. The van der Waals surface area contributed by atoms with Gasteiger partial charge in [-0.3, -0.25) is 9.59 Å². The Hall–Kier alpha value is -2.04. The summed E-state index contributed by atoms with van der Waals surface area (Å²) in [7, 11) is 3.12. The fourth-order valence-corrected chi connectivity index (χ4v) is 2.30. The van der Waals surface area contributed by atoms with E-state index in [1.807, 2.05) is 24.3 Å². The van der Waals surface area contributed by atoms with Crippen LogP contribution in [0, 0.1) is 0 Å². The van der Waals surface area contributed by atoms with E-state index < -0.39 is 11.4 Å². The summed E-state index contributed by atoms with van der Waals surface area (Å²) in [5.74, 6) is -0.382. The molecule has 0 unspecified atom stereocenters. The van der Waals surface area contributed by atoms with Crippen LogP contribution < -0.4 is 4.74 Å². The highest BCUT2D eigenvalue weighted by molar-refractivity contribution is 5.93. The van der Waals surface area contributed by atoms with Crippen molar-refractivity contribution in [3.05, 3.63) is 29.8 Å². The number of carbonyl (C=O) groups excluding carboxylic acids is 1. The first kappa shape index (κ1) is 13.4. The van der Waals surface area contributed by atoms with Gasteiger partial charge in [0.15, 0.2) is 0 Å². The summed E-state index contributed by atoms with van der Waals surface area (Å²) in [6.07, 6.45) is 1.53. The molecule has 1 amide bonds. The summed E-state index contributed by atoms with van der Waals surface area (Å²) in [4.78, 5) is 24.3. The lowest BCUT2D eigenvalue weighted by molar-refractivity contribution is -0.144. The van der Waals surface area contributed by atoms with Crippen LogP contribution in [0.3, 0.4) is 0 Å². The van der Waals surface area contributed by atoms with Crippen molar-refractivity contribution in [3.8, 4) is 5.75 Å². The Kier molecular flexibility index (Phi) is 3.46. The zero-order valence-corrected chi connectivity index (χ0v) is 11.0. The number of carboxylic acid groups (broad SMARTS) is 1. The van der Waals surface area contributed by atoms with E-state index in [0.717, 1.165) is 24.2 Å². The van der Waals surface area contributed by atoms with Gasteiger partial charge in [0.25, 0.3) is 0 Å². The molecule has 1 aliphatic rings. The fraction of sp³-hybridized carbons (Fsp3) is 0.429. The van der Waals surface area contributed by atoms with Gasteiger partial charge in [0.1, 0.15) is 12.3 Å². The Morgan fingerprint density at radius 1 is 1.32 bits per heavy atom. The second kappa shape index (κ2) is 4.91. The molecule has 0 bridgehead atoms. The first-order valence-electron chi connectivity index (χ1n) is 6.11. The third-order valence-corrected chi connectivity index (χ3v) is 3.52. The minimum Gasteiger partial charge on any atom is -0.497 e. The van der Waals surface area contributed by atoms with Crippen LogP contribution in [0.25, 0.3) is 0 Å². The zero-order valence-electron chi connectivity index (χ0n) is 11.0. The van der Waals surface area contributed by atoms with Gasteiger partial charge in [-0.1, -0.05) is 12.1 Å². The molecule has 0 spiro atoms. The molecule has 0 saturated heterocycles. The van der Waals surface area contributed by atoms with Crippen molar-refractivity contribution in [3.63, 3.8) is 0 Å². The Morgan fingerprint density at radius 2 is 1.89 bits per heavy atom. The summed E-state index contributed by atoms with van der Waals surface area (Å²) in [5, 5.41) is 8.75. The molecule has 1 N–H and O–H groups in total. The summed E-state index contributed by atoms with van der Waals surface area (Å²) >= 11 is 0. The Bertz CT molecular complexity index is 491. The van der Waals surface area contributed by atoms with Crippen molar-refractivity contribution in [1.82, 2.24) is 4.90 Å². The lowest BCUT2D eigenvalue weighted by atomic mass is 9.94. The number of hydrogen-bond donors (Lipinski definition) is 1. The molecule has 2 rings (SSSR count). The number of aliphatic carboxylic acids is 1. The average Bonchev–Trinajstić information content (AvgIpc) is 3.18. The molecule has 102 valence electrons. The van der Waals surface area contributed by atoms with Gasteiger partial charge in [-0.15, -0.1) is 0 Å². The minimum atomic E-state index is -0.999. The van der Waals surface area contributed by atoms with E-state index in [4.69, 9.17) is 9.84 Å². The van der Waals surface area contributed by atoms with Crippen LogP contribution >= 0.6 is 0 Å². The van der Waals surface area contributed by atoms with Gasteiger partial charge in [0.2, 0.25) is 5.91 Å². The summed E-state index contributed by atoms with van der Waals surface area (Å²) in [5.41, 5.74) is 0.395. The predicted molar refractivity (Wildman–Crippen MR) is 69.2 cm³/mol. The number of carbonyl (C=O) groups is 2. The molecule has 5 nitrogen and oxygen atoms in total. The third kappa shape index (κ3) is 2.54. The monoisotopic (exact) mass is 263 g/mol. The van der Waals surface area contributed by atoms with E-state index >= 15 is 0 Å². The van der Waals surface area contributed by atoms with Crippen molar-refractivity contribution in [2.45, 2.75) is 18.3 Å². The smallest absolute Gasteiger partial charge is 0.323 e. The second-order valence-electron chi connectivity index (χ2n) is 4.87. The quantitative estimate of drug-likeness (QED) is 0.868. The van der Waals surface area contributed by atoms with Gasteiger partial charge in [0, 0.05) is 7.05 Å². The molecular formula is C14H17NO4. The minimum absolute atomic E-state index is 0.125. The number of hydrogen-bond acceptors (Lipinski definition) is 3. The van der Waals surface area contributed by atoms with Gasteiger partial charge in [-0.05, 0) is 30.5 Å². The van der Waals surface area contributed by atoms with Crippen molar-refractivity contribution in [2.24, 2.45) is 0 Å². The predicted octanol–water partition coefficient (Wildman–Crippen LogP) is 1.27. The highest BCUT2D eigenvalue weighted by Crippen LogP contribution is 2.49. The molecule has 0 aliphatic heterocycles. The molecule has 0 heterocycles. The Balaban J connectivity index is 2.17. The van der Waals surface area contributed by atoms with Crippen LogP contribution in [0.2, 0.25) is 0 Å². The molecule has 0 radical (unpaired) electrons. The van der Waals surface area contributed by atoms with E-state index in [0.29, 0.717) is 0 Å². The number of methoxy groups -OCH3 is 1. The first-order chi connectivity index (χ1) is 8.99. The average molecular weight is 263 g/mol. The largest absolute Gasteiger partial charge is 0.497 e. The van der Waals surface area contributed by atoms with Crippen LogP contribution in [0.15, 0.2) is 24.3 Å². The fourth-order valence-electron chi connectivity index (χ4n) is 2.30. The van der Waals surface area contributed by atoms with Crippen LogP contribution in [-0.4, -0.2) is 42.6 Å². The maximum absolute atomic E-state index is 12.3. The zero-order chi connectivity index (χ0) is 14.0. The third-order valence-electron chi connectivity index (χ3n) is 3.52. The standard InChI is InChI=1S/C14H17NO4/c1-15(9-12(16)17)13(18)14(7-8-14)10-3-5-11(19-2)6-4-10/h3-6H,7-9H2,1-2H3,(H,16,17). The second-order valence-corrected chi connectivity index (χ2v) is 4.87. The number of amides is 1. The summed E-state index contributed by atoms with van der Waals surface area (Å²) in [6.45, 7) is -0.267. The maximum Gasteiger partial charge on any atom is 0.323 e. The van der Waals surface area contributed by atoms with Gasteiger partial charge in [0.05, 0.1) is 12.5 Å². The van der Waals surface area contributed by atoms with Crippen LogP contribution in [0.4, 0.5) is 0 Å². The molecule has 1 aromatic rings. The van der Waals surface area contributed by atoms with Crippen LogP contribution in [0.1, 0.15) is 18.4 Å². The number of nitrogens with zero attached hydrogens (tertiary/aromatic N) is 1. The van der Waals surface area contributed by atoms with Gasteiger partial charge >= 0.3 is 5.97 Å². The molecule has 1 fully saturated rings. The summed E-state index contributed by atoms with van der Waals surface area (Å²) < 4.78 is 5.09. The Morgan fingerprint density at radius 3 is 2.32 bits per heavy atom. The lowest BCUT2D eigenvalue weighted by Gasteiger charge is -2.22. The van der Waals surface area contributed by atoms with Gasteiger partial charge in [-0.2, -0.15) is 0 Å². The summed E-state index contributed by atoms with van der Waals surface area (Å²) in [6, 6.07) is 7.39. The topological polar surface area (TPSA) is 66.8 Å². The molecule has 1 saturated carbocycles. The molecule has 19 heavy (non-hydrogen) atoms. The SMILES string of the molecule is COc1ccc(C2(C(=O)N(C)CC(=O)O)CC2)cc1. The van der Waals surface area contributed by atoms with E-state index in [-0.39, 0.29) is 12.5 Å². The van der Waals surface area contributed by atoms with E-state index in [1.54, 1.807) is 7.11 Å². The van der Waals surface area contributed by atoms with Crippen molar-refractivity contribution in [1.29, 1.82) is 0 Å². The first-order valence-corrected chi connectivity index (χ1v) is 6.11. The van der Waals surface area contributed by atoms with Gasteiger partial charge < -0.3 is 14.7 Å². The van der Waals surface area contributed by atoms with Crippen molar-refractivity contribution < 1.29 is 19.4 Å². The van der Waals surface area contributed by atoms with E-state index in [9.17, 15) is 9.59 Å². The van der Waals surface area contributed by atoms with Crippen LogP contribution in [0.5, 0.6) is 5.75 Å². The normalized spacial score (nSPS) is 15.7. The molecule has 5 heteroatoms. The van der Waals surface area contributed by atoms with E-state index in [2.05, 4.69) is 0 Å². The van der Waals surface area contributed by atoms with Crippen LogP contribution in [-0.2, 0) is 15.0 Å². The number of benzene rings is 1. The van der Waals surface area contributed by atoms with Crippen molar-refractivity contribution >= 4 is 11.9 Å². The number of likely N-dealkylation sites (N-methyl/N-ethyl adjacent to an activating group) is 1. The number of rotatable bonds is 5. The molecule has 1 aliphatic carbocycles. The molecule has 1 aromatic carbocycles. The lowest BCUT2D eigenvalue weighted by Crippen LogP contribution is -2.39.